The highest BCUT2D eigenvalue weighted by Crippen LogP contribution is 2.35. The van der Waals surface area contributed by atoms with Crippen LogP contribution in [0.25, 0.3) is 21.8 Å². The molecule has 2 aromatic carbocycles. The third-order valence-corrected chi connectivity index (χ3v) is 4.10. The zero-order valence-electron chi connectivity index (χ0n) is 12.6. The number of aromatic nitrogens is 2. The summed E-state index contributed by atoms with van der Waals surface area (Å²) in [5.41, 5.74) is 0.915. The molecule has 0 aliphatic heterocycles. The van der Waals surface area contributed by atoms with E-state index < -0.39 is 11.7 Å². The van der Waals surface area contributed by atoms with Crippen LogP contribution in [0.15, 0.2) is 54.7 Å². The minimum atomic E-state index is -4.50. The summed E-state index contributed by atoms with van der Waals surface area (Å²) in [5, 5.41) is 1.90. The van der Waals surface area contributed by atoms with E-state index in [1.807, 2.05) is 30.3 Å². The SMILES string of the molecule is FC(F)(F)c1cnc(Oc2ccc3c(c2)[nH]c2ccccc23)c(Cl)c1. The lowest BCUT2D eigenvalue weighted by atomic mass is 10.1. The fourth-order valence-corrected chi connectivity index (χ4v) is 2.87. The Morgan fingerprint density at radius 3 is 2.48 bits per heavy atom. The molecule has 0 saturated heterocycles. The van der Waals surface area contributed by atoms with Gasteiger partial charge in [0.25, 0.3) is 0 Å². The van der Waals surface area contributed by atoms with Gasteiger partial charge in [-0.2, -0.15) is 13.2 Å². The number of hydrogen-bond acceptors (Lipinski definition) is 2. The lowest BCUT2D eigenvalue weighted by molar-refractivity contribution is -0.137. The number of ether oxygens (including phenoxy) is 1. The standard InChI is InChI=1S/C18H10ClF3N2O/c19-14-7-10(18(20,21)22)9-23-17(14)25-11-5-6-13-12-3-1-2-4-15(12)24-16(13)8-11/h1-9,24H. The van der Waals surface area contributed by atoms with Gasteiger partial charge in [-0.1, -0.05) is 29.8 Å². The summed E-state index contributed by atoms with van der Waals surface area (Å²) < 4.78 is 43.5. The van der Waals surface area contributed by atoms with Crippen molar-refractivity contribution in [3.05, 3.63) is 65.3 Å². The van der Waals surface area contributed by atoms with E-state index in [-0.39, 0.29) is 10.9 Å². The van der Waals surface area contributed by atoms with Gasteiger partial charge in [-0.25, -0.2) is 4.98 Å². The van der Waals surface area contributed by atoms with Crippen molar-refractivity contribution in [3.63, 3.8) is 0 Å². The van der Waals surface area contributed by atoms with E-state index in [2.05, 4.69) is 9.97 Å². The van der Waals surface area contributed by atoms with E-state index in [1.54, 1.807) is 12.1 Å². The minimum Gasteiger partial charge on any atom is -0.437 e. The van der Waals surface area contributed by atoms with Crippen molar-refractivity contribution in [2.24, 2.45) is 0 Å². The molecule has 126 valence electrons. The maximum Gasteiger partial charge on any atom is 0.417 e. The number of H-pyrrole nitrogens is 1. The molecule has 0 spiro atoms. The summed E-state index contributed by atoms with van der Waals surface area (Å²) in [6.45, 7) is 0. The van der Waals surface area contributed by atoms with Gasteiger partial charge in [0.2, 0.25) is 5.88 Å². The number of rotatable bonds is 2. The molecule has 0 amide bonds. The molecule has 0 fully saturated rings. The largest absolute Gasteiger partial charge is 0.437 e. The van der Waals surface area contributed by atoms with Crippen LogP contribution in [-0.2, 0) is 6.18 Å². The number of fused-ring (bicyclic) bond motifs is 3. The van der Waals surface area contributed by atoms with Gasteiger partial charge >= 0.3 is 6.18 Å². The predicted molar refractivity (Wildman–Crippen MR) is 90.1 cm³/mol. The summed E-state index contributed by atoms with van der Waals surface area (Å²) in [5.74, 6) is 0.346. The molecule has 0 saturated carbocycles. The number of aromatic amines is 1. The molecule has 4 aromatic rings. The monoisotopic (exact) mass is 362 g/mol. The van der Waals surface area contributed by atoms with E-state index in [1.165, 1.54) is 0 Å². The maximum atomic E-state index is 12.7. The van der Waals surface area contributed by atoms with Gasteiger partial charge in [-0.15, -0.1) is 0 Å². The second kappa shape index (κ2) is 5.67. The zero-order chi connectivity index (χ0) is 17.6. The molecule has 1 N–H and O–H groups in total. The normalized spacial score (nSPS) is 12.0. The van der Waals surface area contributed by atoms with Crippen LogP contribution < -0.4 is 4.74 Å². The molecule has 2 heterocycles. The Labute approximate surface area is 145 Å². The van der Waals surface area contributed by atoms with Gasteiger partial charge in [0, 0.05) is 28.6 Å². The van der Waals surface area contributed by atoms with Crippen LogP contribution in [0.3, 0.4) is 0 Å². The summed E-state index contributed by atoms with van der Waals surface area (Å²) in [6.07, 6.45) is -3.80. The first-order valence-electron chi connectivity index (χ1n) is 7.33. The van der Waals surface area contributed by atoms with Crippen molar-refractivity contribution in [1.82, 2.24) is 9.97 Å². The van der Waals surface area contributed by atoms with Crippen molar-refractivity contribution in [2.75, 3.05) is 0 Å². The molecule has 0 unspecified atom stereocenters. The Kier molecular flexibility index (Phi) is 3.58. The topological polar surface area (TPSA) is 37.9 Å². The highest BCUT2D eigenvalue weighted by atomic mass is 35.5. The second-order valence-corrected chi connectivity index (χ2v) is 5.90. The molecule has 0 radical (unpaired) electrons. The Morgan fingerprint density at radius 2 is 1.72 bits per heavy atom. The third kappa shape index (κ3) is 2.89. The Bertz CT molecular complexity index is 1090. The second-order valence-electron chi connectivity index (χ2n) is 5.49. The highest BCUT2D eigenvalue weighted by Gasteiger charge is 2.31. The van der Waals surface area contributed by atoms with Gasteiger partial charge in [-0.3, -0.25) is 0 Å². The summed E-state index contributed by atoms with van der Waals surface area (Å²) in [4.78, 5) is 6.94. The van der Waals surface area contributed by atoms with E-state index in [0.29, 0.717) is 11.9 Å². The third-order valence-electron chi connectivity index (χ3n) is 3.83. The fraction of sp³-hybridized carbons (Fsp3) is 0.0556. The molecular weight excluding hydrogens is 353 g/mol. The van der Waals surface area contributed by atoms with Crippen LogP contribution in [0.5, 0.6) is 11.6 Å². The van der Waals surface area contributed by atoms with Gasteiger partial charge in [0.05, 0.1) is 11.1 Å². The predicted octanol–water partition coefficient (Wildman–Crippen LogP) is 6.18. The molecule has 0 atom stereocenters. The van der Waals surface area contributed by atoms with E-state index in [0.717, 1.165) is 27.9 Å². The first-order valence-corrected chi connectivity index (χ1v) is 7.71. The number of para-hydroxylation sites is 1. The summed E-state index contributed by atoms with van der Waals surface area (Å²) in [7, 11) is 0. The van der Waals surface area contributed by atoms with Crippen molar-refractivity contribution in [3.8, 4) is 11.6 Å². The van der Waals surface area contributed by atoms with Crippen LogP contribution >= 0.6 is 11.6 Å². The molecule has 2 aromatic heterocycles. The van der Waals surface area contributed by atoms with Crippen molar-refractivity contribution < 1.29 is 17.9 Å². The van der Waals surface area contributed by atoms with Crippen molar-refractivity contribution in [1.29, 1.82) is 0 Å². The van der Waals surface area contributed by atoms with Crippen LogP contribution in [0, 0.1) is 0 Å². The number of benzene rings is 2. The maximum absolute atomic E-state index is 12.7. The quantitative estimate of drug-likeness (QED) is 0.462. The molecule has 4 rings (SSSR count). The van der Waals surface area contributed by atoms with Gasteiger partial charge in [-0.05, 0) is 24.3 Å². The average Bonchev–Trinajstić information content (AvgIpc) is 2.93. The molecule has 3 nitrogen and oxygen atoms in total. The zero-order valence-corrected chi connectivity index (χ0v) is 13.3. The first-order chi connectivity index (χ1) is 11.9. The van der Waals surface area contributed by atoms with E-state index >= 15 is 0 Å². The fourth-order valence-electron chi connectivity index (χ4n) is 2.66. The molecule has 0 aliphatic carbocycles. The molecule has 0 aliphatic rings. The lowest BCUT2D eigenvalue weighted by Gasteiger charge is -2.10. The number of alkyl halides is 3. The van der Waals surface area contributed by atoms with Crippen LogP contribution in [0.2, 0.25) is 5.02 Å². The van der Waals surface area contributed by atoms with Crippen molar-refractivity contribution >= 4 is 33.4 Å². The smallest absolute Gasteiger partial charge is 0.417 e. The first kappa shape index (κ1) is 15.8. The lowest BCUT2D eigenvalue weighted by Crippen LogP contribution is -2.05. The highest BCUT2D eigenvalue weighted by molar-refractivity contribution is 6.31. The molecule has 7 heteroatoms. The minimum absolute atomic E-state index is 0.0786. The number of pyridine rings is 1. The van der Waals surface area contributed by atoms with E-state index in [4.69, 9.17) is 16.3 Å². The van der Waals surface area contributed by atoms with Crippen molar-refractivity contribution in [2.45, 2.75) is 6.18 Å². The average molecular weight is 363 g/mol. The van der Waals surface area contributed by atoms with Crippen LogP contribution in [0.1, 0.15) is 5.56 Å². The Hall–Kier alpha value is -2.73. The van der Waals surface area contributed by atoms with Gasteiger partial charge < -0.3 is 9.72 Å². The molecule has 0 bridgehead atoms. The molecule has 25 heavy (non-hydrogen) atoms. The van der Waals surface area contributed by atoms with Gasteiger partial charge in [0.1, 0.15) is 10.8 Å². The number of halogens is 4. The number of nitrogens with one attached hydrogen (secondary N) is 1. The number of hydrogen-bond donors (Lipinski definition) is 1. The van der Waals surface area contributed by atoms with Crippen LogP contribution in [-0.4, -0.2) is 9.97 Å². The summed E-state index contributed by atoms with van der Waals surface area (Å²) >= 11 is 5.87. The van der Waals surface area contributed by atoms with E-state index in [9.17, 15) is 13.2 Å². The summed E-state index contributed by atoms with van der Waals surface area (Å²) in [6, 6.07) is 14.0. The van der Waals surface area contributed by atoms with Gasteiger partial charge in [0.15, 0.2) is 0 Å². The Morgan fingerprint density at radius 1 is 0.960 bits per heavy atom. The Balaban J connectivity index is 1.70. The number of nitrogens with zero attached hydrogens (tertiary/aromatic N) is 1. The van der Waals surface area contributed by atoms with Crippen LogP contribution in [0.4, 0.5) is 13.2 Å². The molecular formula is C18H10ClF3N2O.